The third-order valence-corrected chi connectivity index (χ3v) is 3.91. The van der Waals surface area contributed by atoms with E-state index in [-0.39, 0.29) is 5.69 Å². The zero-order valence-electron chi connectivity index (χ0n) is 16.3. The van der Waals surface area contributed by atoms with Gasteiger partial charge in [-0.25, -0.2) is 14.6 Å². The molecule has 7 heteroatoms. The summed E-state index contributed by atoms with van der Waals surface area (Å²) in [5, 5.41) is 3.50. The quantitative estimate of drug-likeness (QED) is 0.735. The Hall–Kier alpha value is -2.41. The highest BCUT2D eigenvalue weighted by atomic mass is 32.1. The Kier molecular flexibility index (Phi) is 7.76. The molecule has 0 saturated heterocycles. The number of hydrogen-bond donors (Lipinski definition) is 1. The van der Waals surface area contributed by atoms with E-state index < -0.39 is 17.7 Å². The molecule has 0 aliphatic heterocycles. The predicted octanol–water partition coefficient (Wildman–Crippen LogP) is 5.28. The van der Waals surface area contributed by atoms with E-state index in [9.17, 15) is 9.59 Å². The van der Waals surface area contributed by atoms with Crippen LogP contribution in [0, 0.1) is 6.92 Å². The number of methoxy groups -OCH3 is 1. The van der Waals surface area contributed by atoms with Gasteiger partial charge >= 0.3 is 12.1 Å². The van der Waals surface area contributed by atoms with Crippen LogP contribution in [-0.2, 0) is 9.47 Å². The van der Waals surface area contributed by atoms with Crippen molar-refractivity contribution < 1.29 is 19.1 Å². The van der Waals surface area contributed by atoms with Crippen molar-refractivity contribution in [3.8, 4) is 10.6 Å². The summed E-state index contributed by atoms with van der Waals surface area (Å²) >= 11 is 1.20. The van der Waals surface area contributed by atoms with Gasteiger partial charge in [0.15, 0.2) is 5.69 Å². The lowest BCUT2D eigenvalue weighted by Crippen LogP contribution is -2.27. The smallest absolute Gasteiger partial charge is 0.412 e. The number of amides is 1. The number of esters is 1. The summed E-state index contributed by atoms with van der Waals surface area (Å²) in [6, 6.07) is 7.73. The van der Waals surface area contributed by atoms with Crippen LogP contribution in [0.15, 0.2) is 24.3 Å². The van der Waals surface area contributed by atoms with Crippen LogP contribution >= 0.6 is 11.3 Å². The molecule has 0 spiro atoms. The first-order chi connectivity index (χ1) is 12.2. The Morgan fingerprint density at radius 3 is 2.38 bits per heavy atom. The van der Waals surface area contributed by atoms with Gasteiger partial charge in [-0.05, 0) is 33.8 Å². The number of ether oxygens (including phenoxy) is 2. The number of aryl methyl sites for hydroxylation is 1. The second-order valence-electron chi connectivity index (χ2n) is 6.18. The topological polar surface area (TPSA) is 77.5 Å². The zero-order valence-corrected chi connectivity index (χ0v) is 17.1. The lowest BCUT2D eigenvalue weighted by Gasteiger charge is -2.19. The number of carbonyl (C=O) groups excluding carboxylic acids is 2. The van der Waals surface area contributed by atoms with E-state index in [2.05, 4.69) is 10.3 Å². The Balaban J connectivity index is 0.00000163. The van der Waals surface area contributed by atoms with E-state index in [0.717, 1.165) is 11.1 Å². The molecule has 0 atom stereocenters. The Bertz CT molecular complexity index is 763. The van der Waals surface area contributed by atoms with Crippen LogP contribution in [0.1, 0.15) is 50.7 Å². The van der Waals surface area contributed by atoms with Gasteiger partial charge in [0.1, 0.15) is 15.6 Å². The summed E-state index contributed by atoms with van der Waals surface area (Å²) in [4.78, 5) is 28.2. The normalized spacial score (nSPS) is 10.4. The summed E-state index contributed by atoms with van der Waals surface area (Å²) in [6.45, 7) is 11.3. The highest BCUT2D eigenvalue weighted by Crippen LogP contribution is 2.33. The number of nitrogens with one attached hydrogen (secondary N) is 1. The lowest BCUT2D eigenvalue weighted by atomic mass is 10.1. The maximum absolute atomic E-state index is 12.0. The van der Waals surface area contributed by atoms with Gasteiger partial charge in [-0.2, -0.15) is 0 Å². The molecule has 0 fully saturated rings. The van der Waals surface area contributed by atoms with Crippen molar-refractivity contribution in [2.45, 2.75) is 47.1 Å². The molecule has 0 unspecified atom stereocenters. The predicted molar refractivity (Wildman–Crippen MR) is 105 cm³/mol. The van der Waals surface area contributed by atoms with Crippen molar-refractivity contribution in [3.63, 3.8) is 0 Å². The standard InChI is InChI=1S/C17H20N2O4S.C2H6/c1-10-7-6-8-11(9-10)13-18-12(15(20)22-5)14(24-13)19-16(21)23-17(2,3)4;1-2/h6-9H,1-5H3,(H,19,21);1-2H3. The minimum atomic E-state index is -0.646. The number of thiazole rings is 1. The van der Waals surface area contributed by atoms with Crippen molar-refractivity contribution in [2.24, 2.45) is 0 Å². The van der Waals surface area contributed by atoms with Crippen LogP contribution < -0.4 is 5.32 Å². The molecule has 0 saturated carbocycles. The number of anilines is 1. The molecular weight excluding hydrogens is 352 g/mol. The van der Waals surface area contributed by atoms with Gasteiger partial charge in [-0.3, -0.25) is 5.32 Å². The molecule has 1 heterocycles. The van der Waals surface area contributed by atoms with Crippen LogP contribution in [0.5, 0.6) is 0 Å². The minimum absolute atomic E-state index is 0.0601. The van der Waals surface area contributed by atoms with Gasteiger partial charge in [0.2, 0.25) is 0 Å². The van der Waals surface area contributed by atoms with E-state index in [1.807, 2.05) is 45.0 Å². The molecule has 142 valence electrons. The summed E-state index contributed by atoms with van der Waals surface area (Å²) in [5.74, 6) is -0.615. The molecule has 1 aromatic heterocycles. The average Bonchev–Trinajstić information content (AvgIpc) is 2.98. The highest BCUT2D eigenvalue weighted by Gasteiger charge is 2.23. The third kappa shape index (κ3) is 6.15. The zero-order chi connectivity index (χ0) is 19.9. The van der Waals surface area contributed by atoms with E-state index in [4.69, 9.17) is 9.47 Å². The molecule has 1 amide bonds. The van der Waals surface area contributed by atoms with Gasteiger partial charge in [0.25, 0.3) is 0 Å². The van der Waals surface area contributed by atoms with Crippen LogP contribution in [-0.4, -0.2) is 29.8 Å². The minimum Gasteiger partial charge on any atom is -0.464 e. The molecule has 6 nitrogen and oxygen atoms in total. The Morgan fingerprint density at radius 1 is 1.19 bits per heavy atom. The van der Waals surface area contributed by atoms with Gasteiger partial charge in [0, 0.05) is 5.56 Å². The first-order valence-corrected chi connectivity index (χ1v) is 9.17. The van der Waals surface area contributed by atoms with Gasteiger partial charge < -0.3 is 9.47 Å². The fourth-order valence-electron chi connectivity index (χ4n) is 1.94. The van der Waals surface area contributed by atoms with E-state index in [0.29, 0.717) is 10.0 Å². The fourth-order valence-corrected chi connectivity index (χ4v) is 2.87. The van der Waals surface area contributed by atoms with Crippen LogP contribution in [0.3, 0.4) is 0 Å². The Morgan fingerprint density at radius 2 is 1.85 bits per heavy atom. The molecule has 0 radical (unpaired) electrons. The van der Waals surface area contributed by atoms with Crippen LogP contribution in [0.2, 0.25) is 0 Å². The largest absolute Gasteiger partial charge is 0.464 e. The van der Waals surface area contributed by atoms with Crippen LogP contribution in [0.25, 0.3) is 10.6 Å². The summed E-state index contributed by atoms with van der Waals surface area (Å²) < 4.78 is 9.97. The van der Waals surface area contributed by atoms with Crippen molar-refractivity contribution >= 4 is 28.4 Å². The van der Waals surface area contributed by atoms with E-state index in [1.54, 1.807) is 20.8 Å². The molecular formula is C19H26N2O4S. The SMILES string of the molecule is CC.COC(=O)c1nc(-c2cccc(C)c2)sc1NC(=O)OC(C)(C)C. The van der Waals surface area contributed by atoms with E-state index >= 15 is 0 Å². The van der Waals surface area contributed by atoms with E-state index in [1.165, 1.54) is 18.4 Å². The van der Waals surface area contributed by atoms with Crippen molar-refractivity contribution in [1.82, 2.24) is 4.98 Å². The lowest BCUT2D eigenvalue weighted by molar-refractivity contribution is 0.0596. The van der Waals surface area contributed by atoms with Gasteiger partial charge in [-0.1, -0.05) is 48.9 Å². The Labute approximate surface area is 158 Å². The molecule has 0 aliphatic carbocycles. The number of aromatic nitrogens is 1. The maximum atomic E-state index is 12.0. The van der Waals surface area contributed by atoms with Crippen molar-refractivity contribution in [2.75, 3.05) is 12.4 Å². The van der Waals surface area contributed by atoms with Gasteiger partial charge in [-0.15, -0.1) is 0 Å². The summed E-state index contributed by atoms with van der Waals surface area (Å²) in [6.07, 6.45) is -0.646. The number of nitrogens with zero attached hydrogens (tertiary/aromatic N) is 1. The second-order valence-corrected chi connectivity index (χ2v) is 7.18. The molecule has 26 heavy (non-hydrogen) atoms. The molecule has 0 aliphatic rings. The average molecular weight is 378 g/mol. The third-order valence-electron chi connectivity index (χ3n) is 2.89. The second kappa shape index (κ2) is 9.33. The first-order valence-electron chi connectivity index (χ1n) is 8.36. The van der Waals surface area contributed by atoms with Crippen molar-refractivity contribution in [3.05, 3.63) is 35.5 Å². The summed E-state index contributed by atoms with van der Waals surface area (Å²) in [7, 11) is 1.27. The molecule has 2 aromatic rings. The first kappa shape index (κ1) is 21.6. The molecule has 2 rings (SSSR count). The fraction of sp³-hybridized carbons (Fsp3) is 0.421. The summed E-state index contributed by atoms with van der Waals surface area (Å²) in [5.41, 5.74) is 1.36. The number of hydrogen-bond acceptors (Lipinski definition) is 6. The molecule has 0 bridgehead atoms. The highest BCUT2D eigenvalue weighted by molar-refractivity contribution is 7.19. The maximum Gasteiger partial charge on any atom is 0.412 e. The molecule has 1 N–H and O–H groups in total. The number of rotatable bonds is 3. The number of carbonyl (C=O) groups is 2. The number of benzene rings is 1. The monoisotopic (exact) mass is 378 g/mol. The van der Waals surface area contributed by atoms with Crippen molar-refractivity contribution in [1.29, 1.82) is 0 Å². The van der Waals surface area contributed by atoms with Gasteiger partial charge in [0.05, 0.1) is 7.11 Å². The molecule has 1 aromatic carbocycles. The van der Waals surface area contributed by atoms with Crippen LogP contribution in [0.4, 0.5) is 9.80 Å².